The van der Waals surface area contributed by atoms with E-state index in [4.69, 9.17) is 5.73 Å². The van der Waals surface area contributed by atoms with Gasteiger partial charge in [-0.1, -0.05) is 37.3 Å². The van der Waals surface area contributed by atoms with Gasteiger partial charge in [-0.3, -0.25) is 9.59 Å². The van der Waals surface area contributed by atoms with Crippen LogP contribution in [-0.4, -0.2) is 10.8 Å². The molecule has 134 valence electrons. The third-order valence-corrected chi connectivity index (χ3v) is 4.83. The fraction of sp³-hybridized carbons (Fsp3) is 0.273. The number of aromatic nitrogens is 1. The van der Waals surface area contributed by atoms with E-state index in [0.717, 1.165) is 27.6 Å². The zero-order valence-electron chi connectivity index (χ0n) is 15.4. The summed E-state index contributed by atoms with van der Waals surface area (Å²) in [6.45, 7) is 5.62. The minimum Gasteiger partial charge on any atom is -0.322 e. The summed E-state index contributed by atoms with van der Waals surface area (Å²) in [6.07, 6.45) is 1.08. The molecule has 3 aromatic rings. The van der Waals surface area contributed by atoms with Gasteiger partial charge in [0.2, 0.25) is 0 Å². The van der Waals surface area contributed by atoms with Crippen LogP contribution in [0, 0.1) is 6.92 Å². The van der Waals surface area contributed by atoms with Gasteiger partial charge < -0.3 is 10.7 Å². The first-order chi connectivity index (χ1) is 12.3. The number of rotatable bonds is 5. The molecular formula is C22H24N2O2. The van der Waals surface area contributed by atoms with E-state index in [-0.39, 0.29) is 11.3 Å². The summed E-state index contributed by atoms with van der Waals surface area (Å²) in [4.78, 5) is 26.7. The van der Waals surface area contributed by atoms with Crippen molar-refractivity contribution < 1.29 is 4.79 Å². The highest BCUT2D eigenvalue weighted by molar-refractivity contribution is 5.96. The van der Waals surface area contributed by atoms with Crippen molar-refractivity contribution in [3.63, 3.8) is 0 Å². The van der Waals surface area contributed by atoms with Crippen LogP contribution >= 0.6 is 0 Å². The smallest absolute Gasteiger partial charge is 0.251 e. The number of H-pyrrole nitrogens is 1. The Hall–Kier alpha value is -2.72. The molecule has 4 heteroatoms. The minimum absolute atomic E-state index is 0.0841. The van der Waals surface area contributed by atoms with Gasteiger partial charge in [-0.05, 0) is 55.0 Å². The number of ketones is 1. The number of aryl methyl sites for hydroxylation is 1. The second-order valence-corrected chi connectivity index (χ2v) is 7.15. The van der Waals surface area contributed by atoms with Gasteiger partial charge in [0.1, 0.15) is 0 Å². The fourth-order valence-electron chi connectivity index (χ4n) is 3.25. The quantitative estimate of drug-likeness (QED) is 0.688. The van der Waals surface area contributed by atoms with E-state index in [0.29, 0.717) is 18.4 Å². The highest BCUT2D eigenvalue weighted by atomic mass is 16.1. The molecule has 0 fully saturated rings. The second kappa shape index (κ2) is 6.89. The second-order valence-electron chi connectivity index (χ2n) is 7.15. The van der Waals surface area contributed by atoms with Crippen LogP contribution in [0.4, 0.5) is 0 Å². The highest BCUT2D eigenvalue weighted by Gasteiger charge is 2.22. The zero-order valence-corrected chi connectivity index (χ0v) is 15.4. The van der Waals surface area contributed by atoms with Crippen molar-refractivity contribution >= 4 is 16.7 Å². The van der Waals surface area contributed by atoms with Crippen molar-refractivity contribution in [2.45, 2.75) is 39.2 Å². The van der Waals surface area contributed by atoms with Gasteiger partial charge in [-0.25, -0.2) is 0 Å². The number of hydrogen-bond acceptors (Lipinski definition) is 3. The summed E-state index contributed by atoms with van der Waals surface area (Å²) in [5.74, 6) is 0.129. The van der Waals surface area contributed by atoms with E-state index in [1.165, 1.54) is 0 Å². The number of carbonyl (C=O) groups excluding carboxylic acids is 1. The van der Waals surface area contributed by atoms with Gasteiger partial charge in [0.25, 0.3) is 5.56 Å². The number of Topliss-reactive ketones (excluding diaryl/α,β-unsaturated/α-hetero) is 1. The zero-order chi connectivity index (χ0) is 18.9. The first kappa shape index (κ1) is 18.1. The lowest BCUT2D eigenvalue weighted by molar-refractivity contribution is 0.0988. The van der Waals surface area contributed by atoms with Crippen LogP contribution in [0.1, 0.15) is 47.3 Å². The standard InChI is InChI=1S/C22H24N2O2/c1-4-20(25)17-7-5-6-15(11-17)13-22(3,23)18-9-8-16-10-14(2)21(26)24-19(16)12-18/h5-12H,4,13,23H2,1-3H3,(H,24,26). The molecule has 0 aliphatic carbocycles. The van der Waals surface area contributed by atoms with Crippen molar-refractivity contribution in [1.29, 1.82) is 0 Å². The average molecular weight is 348 g/mol. The fourth-order valence-corrected chi connectivity index (χ4v) is 3.25. The van der Waals surface area contributed by atoms with E-state index < -0.39 is 5.54 Å². The van der Waals surface area contributed by atoms with Crippen LogP contribution in [0.25, 0.3) is 10.9 Å². The maximum atomic E-state index is 11.9. The number of aromatic amines is 1. The molecule has 0 saturated heterocycles. The molecule has 1 unspecified atom stereocenters. The predicted octanol–water partition coefficient (Wildman–Crippen LogP) is 3.85. The van der Waals surface area contributed by atoms with Crippen molar-refractivity contribution in [2.75, 3.05) is 0 Å². The minimum atomic E-state index is -0.621. The summed E-state index contributed by atoms with van der Waals surface area (Å²) in [5.41, 5.74) is 10.1. The molecule has 0 bridgehead atoms. The lowest BCUT2D eigenvalue weighted by atomic mass is 9.85. The van der Waals surface area contributed by atoms with E-state index in [2.05, 4.69) is 4.98 Å². The van der Waals surface area contributed by atoms with Crippen LogP contribution in [-0.2, 0) is 12.0 Å². The van der Waals surface area contributed by atoms with E-state index in [1.807, 2.05) is 62.4 Å². The van der Waals surface area contributed by atoms with Crippen LogP contribution in [0.2, 0.25) is 0 Å². The monoisotopic (exact) mass is 348 g/mol. The average Bonchev–Trinajstić information content (AvgIpc) is 2.61. The number of fused-ring (bicyclic) bond motifs is 1. The number of benzene rings is 2. The molecule has 0 amide bonds. The molecule has 0 aliphatic rings. The van der Waals surface area contributed by atoms with Crippen LogP contribution in [0.3, 0.4) is 0 Å². The van der Waals surface area contributed by atoms with Crippen molar-refractivity contribution in [3.05, 3.63) is 81.1 Å². The van der Waals surface area contributed by atoms with Crippen LogP contribution < -0.4 is 11.3 Å². The third-order valence-electron chi connectivity index (χ3n) is 4.83. The Labute approximate surface area is 153 Å². The first-order valence-electron chi connectivity index (χ1n) is 8.85. The molecule has 0 saturated carbocycles. The van der Waals surface area contributed by atoms with Gasteiger partial charge in [0.05, 0.1) is 0 Å². The van der Waals surface area contributed by atoms with Gasteiger partial charge >= 0.3 is 0 Å². The largest absolute Gasteiger partial charge is 0.322 e. The Morgan fingerprint density at radius 2 is 1.92 bits per heavy atom. The highest BCUT2D eigenvalue weighted by Crippen LogP contribution is 2.26. The Balaban J connectivity index is 1.95. The molecule has 0 spiro atoms. The molecule has 1 aromatic heterocycles. The Bertz CT molecular complexity index is 1030. The third kappa shape index (κ3) is 3.60. The van der Waals surface area contributed by atoms with Crippen LogP contribution in [0.5, 0.6) is 0 Å². The lowest BCUT2D eigenvalue weighted by Gasteiger charge is -2.26. The maximum absolute atomic E-state index is 11.9. The summed E-state index contributed by atoms with van der Waals surface area (Å²) >= 11 is 0. The Morgan fingerprint density at radius 1 is 1.15 bits per heavy atom. The van der Waals surface area contributed by atoms with Crippen molar-refractivity contribution in [2.24, 2.45) is 5.73 Å². The molecule has 0 aliphatic heterocycles. The molecule has 3 rings (SSSR count). The van der Waals surface area contributed by atoms with Gasteiger partial charge in [-0.15, -0.1) is 0 Å². The molecule has 4 nitrogen and oxygen atoms in total. The van der Waals surface area contributed by atoms with Gasteiger partial charge in [-0.2, -0.15) is 0 Å². The molecule has 0 radical (unpaired) electrons. The van der Waals surface area contributed by atoms with Gasteiger partial charge in [0, 0.05) is 28.6 Å². The number of nitrogens with one attached hydrogen (secondary N) is 1. The molecule has 26 heavy (non-hydrogen) atoms. The number of pyridine rings is 1. The van der Waals surface area contributed by atoms with E-state index >= 15 is 0 Å². The lowest BCUT2D eigenvalue weighted by Crippen LogP contribution is -2.35. The normalized spacial score (nSPS) is 13.5. The summed E-state index contributed by atoms with van der Waals surface area (Å²) in [7, 11) is 0. The van der Waals surface area contributed by atoms with E-state index in [1.54, 1.807) is 6.92 Å². The topological polar surface area (TPSA) is 76.0 Å². The summed E-state index contributed by atoms with van der Waals surface area (Å²) in [6, 6.07) is 15.5. The van der Waals surface area contributed by atoms with Gasteiger partial charge in [0.15, 0.2) is 5.78 Å². The number of nitrogens with two attached hydrogens (primary N) is 1. The molecule has 1 atom stereocenters. The maximum Gasteiger partial charge on any atom is 0.251 e. The Morgan fingerprint density at radius 3 is 2.65 bits per heavy atom. The molecular weight excluding hydrogens is 324 g/mol. The number of carbonyl (C=O) groups is 1. The molecule has 1 heterocycles. The van der Waals surface area contributed by atoms with E-state index in [9.17, 15) is 9.59 Å². The van der Waals surface area contributed by atoms with Crippen molar-refractivity contribution in [1.82, 2.24) is 4.98 Å². The SMILES string of the molecule is CCC(=O)c1cccc(CC(C)(N)c2ccc3cc(C)c(=O)[nH]c3c2)c1. The predicted molar refractivity (Wildman–Crippen MR) is 106 cm³/mol. The Kier molecular flexibility index (Phi) is 4.79. The molecule has 3 N–H and O–H groups in total. The summed E-state index contributed by atoms with van der Waals surface area (Å²) in [5, 5.41) is 0.984. The summed E-state index contributed by atoms with van der Waals surface area (Å²) < 4.78 is 0. The number of hydrogen-bond donors (Lipinski definition) is 2. The molecule has 2 aromatic carbocycles. The van der Waals surface area contributed by atoms with Crippen molar-refractivity contribution in [3.8, 4) is 0 Å². The first-order valence-corrected chi connectivity index (χ1v) is 8.85. The van der Waals surface area contributed by atoms with Crippen LogP contribution in [0.15, 0.2) is 53.3 Å².